The Hall–Kier alpha value is -2.77. The van der Waals surface area contributed by atoms with Crippen LogP contribution < -0.4 is 20.1 Å². The number of hydrogen-bond donors (Lipinski definition) is 3. The van der Waals surface area contributed by atoms with Crippen molar-refractivity contribution in [1.29, 1.82) is 0 Å². The van der Waals surface area contributed by atoms with Gasteiger partial charge in [-0.25, -0.2) is 0 Å². The Labute approximate surface area is 161 Å². The van der Waals surface area contributed by atoms with Crippen molar-refractivity contribution in [2.75, 3.05) is 20.4 Å². The fourth-order valence-electron chi connectivity index (χ4n) is 2.99. The molecule has 0 spiro atoms. The first-order valence-electron chi connectivity index (χ1n) is 8.73. The number of rotatable bonds is 5. The van der Waals surface area contributed by atoms with E-state index in [1.807, 2.05) is 36.4 Å². The molecule has 140 valence electrons. The molecule has 1 aliphatic heterocycles. The second-order valence-corrected chi connectivity index (χ2v) is 7.28. The summed E-state index contributed by atoms with van der Waals surface area (Å²) in [6, 6.07) is 16.0. The molecule has 7 heteroatoms. The summed E-state index contributed by atoms with van der Waals surface area (Å²) in [7, 11) is 1.70. The third-order valence-corrected chi connectivity index (χ3v) is 5.60. The van der Waals surface area contributed by atoms with Gasteiger partial charge in [-0.3, -0.25) is 4.99 Å². The molecular formula is C20H21N3O3S. The smallest absolute Gasteiger partial charge is 0.231 e. The SMILES string of the molecule is CN=C(NCc1cccc2c1OCO2)NCC(O)c1cc2ccccc2s1. The number of nitrogens with zero attached hydrogens (tertiary/aromatic N) is 1. The first-order valence-corrected chi connectivity index (χ1v) is 9.55. The van der Waals surface area contributed by atoms with Crippen LogP contribution in [0.4, 0.5) is 0 Å². The molecule has 1 unspecified atom stereocenters. The van der Waals surface area contributed by atoms with Crippen LogP contribution in [0.5, 0.6) is 11.5 Å². The van der Waals surface area contributed by atoms with Crippen molar-refractivity contribution in [2.24, 2.45) is 4.99 Å². The van der Waals surface area contributed by atoms with Gasteiger partial charge in [0, 0.05) is 35.3 Å². The van der Waals surface area contributed by atoms with Gasteiger partial charge < -0.3 is 25.2 Å². The lowest BCUT2D eigenvalue weighted by Gasteiger charge is -2.15. The summed E-state index contributed by atoms with van der Waals surface area (Å²) in [4.78, 5) is 5.16. The van der Waals surface area contributed by atoms with Crippen LogP contribution in [-0.2, 0) is 6.54 Å². The third-order valence-electron chi connectivity index (χ3n) is 4.38. The van der Waals surface area contributed by atoms with E-state index in [2.05, 4.69) is 27.8 Å². The average Bonchev–Trinajstić information content (AvgIpc) is 3.34. The van der Waals surface area contributed by atoms with Crippen molar-refractivity contribution in [3.8, 4) is 11.5 Å². The molecule has 3 N–H and O–H groups in total. The van der Waals surface area contributed by atoms with Crippen molar-refractivity contribution >= 4 is 27.4 Å². The number of aliphatic hydroxyl groups excluding tert-OH is 1. The summed E-state index contributed by atoms with van der Waals surface area (Å²) in [5.41, 5.74) is 0.998. The number of ether oxygens (including phenoxy) is 2. The molecule has 1 atom stereocenters. The molecule has 0 saturated heterocycles. The molecule has 0 radical (unpaired) electrons. The lowest BCUT2D eigenvalue weighted by molar-refractivity contribution is 0.173. The lowest BCUT2D eigenvalue weighted by atomic mass is 10.2. The molecule has 0 aliphatic carbocycles. The van der Waals surface area contributed by atoms with Gasteiger partial charge in [-0.05, 0) is 23.6 Å². The van der Waals surface area contributed by atoms with Crippen LogP contribution in [0.25, 0.3) is 10.1 Å². The number of benzene rings is 2. The monoisotopic (exact) mass is 383 g/mol. The fourth-order valence-corrected chi connectivity index (χ4v) is 4.04. The van der Waals surface area contributed by atoms with Crippen LogP contribution in [0.1, 0.15) is 16.5 Å². The maximum atomic E-state index is 10.5. The van der Waals surface area contributed by atoms with E-state index in [-0.39, 0.29) is 6.79 Å². The van der Waals surface area contributed by atoms with Crippen molar-refractivity contribution < 1.29 is 14.6 Å². The third kappa shape index (κ3) is 3.84. The van der Waals surface area contributed by atoms with Crippen LogP contribution >= 0.6 is 11.3 Å². The Morgan fingerprint density at radius 1 is 1.19 bits per heavy atom. The zero-order valence-electron chi connectivity index (χ0n) is 14.9. The molecule has 4 rings (SSSR count). The van der Waals surface area contributed by atoms with Gasteiger partial charge in [-0.15, -0.1) is 11.3 Å². The number of para-hydroxylation sites is 1. The van der Waals surface area contributed by atoms with Crippen molar-refractivity contribution in [1.82, 2.24) is 10.6 Å². The van der Waals surface area contributed by atoms with E-state index in [1.54, 1.807) is 18.4 Å². The Morgan fingerprint density at radius 3 is 2.93 bits per heavy atom. The highest BCUT2D eigenvalue weighted by molar-refractivity contribution is 7.19. The van der Waals surface area contributed by atoms with Crippen LogP contribution in [0.2, 0.25) is 0 Å². The van der Waals surface area contributed by atoms with Crippen LogP contribution in [0.3, 0.4) is 0 Å². The highest BCUT2D eigenvalue weighted by atomic mass is 32.1. The van der Waals surface area contributed by atoms with E-state index >= 15 is 0 Å². The Morgan fingerprint density at radius 2 is 2.07 bits per heavy atom. The van der Waals surface area contributed by atoms with E-state index < -0.39 is 6.10 Å². The summed E-state index contributed by atoms with van der Waals surface area (Å²) < 4.78 is 12.1. The molecule has 3 aromatic rings. The zero-order valence-corrected chi connectivity index (χ0v) is 15.8. The minimum absolute atomic E-state index is 0.251. The van der Waals surface area contributed by atoms with Gasteiger partial charge >= 0.3 is 0 Å². The van der Waals surface area contributed by atoms with Gasteiger partial charge in [0.1, 0.15) is 6.10 Å². The first kappa shape index (κ1) is 17.6. The first-order chi connectivity index (χ1) is 13.2. The summed E-state index contributed by atoms with van der Waals surface area (Å²) >= 11 is 1.61. The number of hydrogen-bond acceptors (Lipinski definition) is 5. The number of fused-ring (bicyclic) bond motifs is 2. The second kappa shape index (κ2) is 7.85. The van der Waals surface area contributed by atoms with Gasteiger partial charge in [0.15, 0.2) is 17.5 Å². The quantitative estimate of drug-likeness (QED) is 0.466. The van der Waals surface area contributed by atoms with Gasteiger partial charge in [-0.1, -0.05) is 30.3 Å². The second-order valence-electron chi connectivity index (χ2n) is 6.16. The van der Waals surface area contributed by atoms with Crippen LogP contribution in [-0.4, -0.2) is 31.5 Å². The highest BCUT2D eigenvalue weighted by Gasteiger charge is 2.17. The molecule has 1 aromatic heterocycles. The average molecular weight is 383 g/mol. The predicted molar refractivity (Wildman–Crippen MR) is 108 cm³/mol. The molecule has 0 bridgehead atoms. The number of aliphatic imine (C=N–C) groups is 1. The highest BCUT2D eigenvalue weighted by Crippen LogP contribution is 2.35. The maximum absolute atomic E-state index is 10.5. The predicted octanol–water partition coefficient (Wildman–Crippen LogP) is 3.03. The van der Waals surface area contributed by atoms with E-state index in [0.717, 1.165) is 27.3 Å². The minimum atomic E-state index is -0.598. The standard InChI is InChI=1S/C20H21N3O3S/c1-21-20(22-10-14-6-4-7-16-19(14)26-12-25-16)23-11-15(24)18-9-13-5-2-3-8-17(13)27-18/h2-9,15,24H,10-12H2,1H3,(H2,21,22,23). The van der Waals surface area contributed by atoms with Crippen molar-refractivity contribution in [2.45, 2.75) is 12.6 Å². The van der Waals surface area contributed by atoms with E-state index in [0.29, 0.717) is 19.0 Å². The zero-order chi connectivity index (χ0) is 18.6. The molecule has 0 saturated carbocycles. The maximum Gasteiger partial charge on any atom is 0.231 e. The molecule has 27 heavy (non-hydrogen) atoms. The van der Waals surface area contributed by atoms with E-state index in [4.69, 9.17) is 9.47 Å². The molecule has 0 fully saturated rings. The van der Waals surface area contributed by atoms with E-state index in [9.17, 15) is 5.11 Å². The Balaban J connectivity index is 1.34. The fraction of sp³-hybridized carbons (Fsp3) is 0.250. The topological polar surface area (TPSA) is 75.1 Å². The largest absolute Gasteiger partial charge is 0.454 e. The summed E-state index contributed by atoms with van der Waals surface area (Å²) in [6.07, 6.45) is -0.598. The number of nitrogens with one attached hydrogen (secondary N) is 2. The van der Waals surface area contributed by atoms with Crippen molar-refractivity contribution in [3.05, 3.63) is 59.0 Å². The number of aliphatic hydroxyl groups is 1. The number of thiophene rings is 1. The normalized spacial score (nSPS) is 14.4. The summed E-state index contributed by atoms with van der Waals surface area (Å²) in [6.45, 7) is 1.17. The van der Waals surface area contributed by atoms with E-state index in [1.165, 1.54) is 4.70 Å². The lowest BCUT2D eigenvalue weighted by Crippen LogP contribution is -2.38. The van der Waals surface area contributed by atoms with Crippen molar-refractivity contribution in [3.63, 3.8) is 0 Å². The van der Waals surface area contributed by atoms with Gasteiger partial charge in [0.05, 0.1) is 0 Å². The molecular weight excluding hydrogens is 362 g/mol. The van der Waals surface area contributed by atoms with Crippen LogP contribution in [0.15, 0.2) is 53.5 Å². The van der Waals surface area contributed by atoms with Gasteiger partial charge in [0.2, 0.25) is 6.79 Å². The molecule has 1 aliphatic rings. The van der Waals surface area contributed by atoms with Gasteiger partial charge in [-0.2, -0.15) is 0 Å². The van der Waals surface area contributed by atoms with Crippen LogP contribution in [0, 0.1) is 0 Å². The Kier molecular flexibility index (Phi) is 5.13. The molecule has 2 heterocycles. The molecule has 2 aromatic carbocycles. The molecule has 0 amide bonds. The minimum Gasteiger partial charge on any atom is -0.454 e. The summed E-state index contributed by atoms with van der Waals surface area (Å²) in [5, 5.41) is 18.1. The molecule has 6 nitrogen and oxygen atoms in total. The summed E-state index contributed by atoms with van der Waals surface area (Å²) in [5.74, 6) is 2.15. The van der Waals surface area contributed by atoms with Gasteiger partial charge in [0.25, 0.3) is 0 Å². The number of guanidine groups is 1. The Bertz CT molecular complexity index is 937.